The molecule has 1 atom stereocenters. The summed E-state index contributed by atoms with van der Waals surface area (Å²) in [5.41, 5.74) is 3.82. The number of carbonyl (C=O) groups excluding carboxylic acids is 1. The number of nitrogens with one attached hydrogen (secondary N) is 2. The van der Waals surface area contributed by atoms with E-state index in [1.807, 2.05) is 43.3 Å². The van der Waals surface area contributed by atoms with Gasteiger partial charge in [0.15, 0.2) is 11.5 Å². The summed E-state index contributed by atoms with van der Waals surface area (Å²) < 4.78 is 11.3. The number of para-hydroxylation sites is 1. The molecule has 0 saturated carbocycles. The van der Waals surface area contributed by atoms with Gasteiger partial charge in [-0.25, -0.2) is 0 Å². The van der Waals surface area contributed by atoms with Crippen LogP contribution in [0.15, 0.2) is 36.4 Å². The van der Waals surface area contributed by atoms with Gasteiger partial charge < -0.3 is 20.1 Å². The summed E-state index contributed by atoms with van der Waals surface area (Å²) in [6, 6.07) is 11.9. The minimum atomic E-state index is 0.0306. The molecule has 118 valence electrons. The summed E-state index contributed by atoms with van der Waals surface area (Å²) >= 11 is 0. The van der Waals surface area contributed by atoms with E-state index in [9.17, 15) is 4.79 Å². The lowest BCUT2D eigenvalue weighted by Crippen LogP contribution is -2.19. The summed E-state index contributed by atoms with van der Waals surface area (Å²) in [6.07, 6.45) is 0.454. The van der Waals surface area contributed by atoms with Crippen LogP contribution < -0.4 is 20.1 Å². The molecule has 2 aromatic carbocycles. The minimum Gasteiger partial charge on any atom is -0.486 e. The highest BCUT2D eigenvalue weighted by Crippen LogP contribution is 2.40. The van der Waals surface area contributed by atoms with Gasteiger partial charge in [-0.1, -0.05) is 18.2 Å². The summed E-state index contributed by atoms with van der Waals surface area (Å²) in [5, 5.41) is 6.41. The minimum absolute atomic E-state index is 0.0306. The van der Waals surface area contributed by atoms with Crippen LogP contribution in [-0.4, -0.2) is 25.2 Å². The Balaban J connectivity index is 1.81. The van der Waals surface area contributed by atoms with E-state index < -0.39 is 0 Å². The molecule has 0 spiro atoms. The highest BCUT2D eigenvalue weighted by molar-refractivity contribution is 6.00. The van der Waals surface area contributed by atoms with Crippen LogP contribution in [0.2, 0.25) is 0 Å². The van der Waals surface area contributed by atoms with Gasteiger partial charge >= 0.3 is 0 Å². The smallest absolute Gasteiger partial charge is 0.226 e. The Hall–Kier alpha value is -2.69. The molecule has 0 aromatic heterocycles. The van der Waals surface area contributed by atoms with Crippen LogP contribution in [0.5, 0.6) is 11.5 Å². The molecular weight excluding hydrogens is 292 g/mol. The number of fused-ring (bicyclic) bond motifs is 2. The first-order valence-electron chi connectivity index (χ1n) is 7.80. The molecule has 5 nitrogen and oxygen atoms in total. The van der Waals surface area contributed by atoms with E-state index in [0.29, 0.717) is 19.6 Å². The first kappa shape index (κ1) is 13.9. The largest absolute Gasteiger partial charge is 0.486 e. The fourth-order valence-corrected chi connectivity index (χ4v) is 3.04. The predicted octanol–water partition coefficient (Wildman–Crippen LogP) is 3.27. The molecule has 23 heavy (non-hydrogen) atoms. The Labute approximate surface area is 134 Å². The number of anilines is 2. The fraction of sp³-hybridized carbons (Fsp3) is 0.278. The quantitative estimate of drug-likeness (QED) is 0.849. The van der Waals surface area contributed by atoms with Crippen LogP contribution in [0.4, 0.5) is 11.4 Å². The van der Waals surface area contributed by atoms with E-state index in [1.165, 1.54) is 0 Å². The molecule has 1 amide bonds. The molecule has 2 aliphatic heterocycles. The van der Waals surface area contributed by atoms with E-state index in [4.69, 9.17) is 9.47 Å². The second kappa shape index (κ2) is 5.50. The van der Waals surface area contributed by atoms with Crippen molar-refractivity contribution in [1.29, 1.82) is 0 Å². The van der Waals surface area contributed by atoms with Crippen molar-refractivity contribution < 1.29 is 14.3 Å². The van der Waals surface area contributed by atoms with Gasteiger partial charge in [0.2, 0.25) is 5.91 Å². The second-order valence-corrected chi connectivity index (χ2v) is 5.88. The standard InChI is InChI=1S/C18H18N2O3/c1-11-9-17(21)20-14-4-2-3-13(18(14)19-11)12-5-6-15-16(10-12)23-8-7-22-15/h2-6,10-11,19H,7-9H2,1H3,(H,20,21)/t11-/m1/s1. The van der Waals surface area contributed by atoms with E-state index in [2.05, 4.69) is 10.6 Å². The van der Waals surface area contributed by atoms with E-state index in [0.717, 1.165) is 34.0 Å². The van der Waals surface area contributed by atoms with Gasteiger partial charge in [0, 0.05) is 18.0 Å². The fourth-order valence-electron chi connectivity index (χ4n) is 3.04. The number of ether oxygens (including phenoxy) is 2. The predicted molar refractivity (Wildman–Crippen MR) is 89.2 cm³/mol. The van der Waals surface area contributed by atoms with Gasteiger partial charge in [0.05, 0.1) is 11.4 Å². The molecule has 2 aromatic rings. The van der Waals surface area contributed by atoms with E-state index in [-0.39, 0.29) is 11.9 Å². The van der Waals surface area contributed by atoms with Crippen molar-refractivity contribution in [2.24, 2.45) is 0 Å². The average molecular weight is 310 g/mol. The van der Waals surface area contributed by atoms with E-state index >= 15 is 0 Å². The van der Waals surface area contributed by atoms with Crippen molar-refractivity contribution >= 4 is 17.3 Å². The van der Waals surface area contributed by atoms with Crippen LogP contribution in [0.3, 0.4) is 0 Å². The van der Waals surface area contributed by atoms with Gasteiger partial charge in [0.25, 0.3) is 0 Å². The summed E-state index contributed by atoms with van der Waals surface area (Å²) in [4.78, 5) is 11.9. The Morgan fingerprint density at radius 2 is 1.91 bits per heavy atom. The second-order valence-electron chi connectivity index (χ2n) is 5.88. The third-order valence-electron chi connectivity index (χ3n) is 4.07. The van der Waals surface area contributed by atoms with Crippen molar-refractivity contribution in [3.63, 3.8) is 0 Å². The van der Waals surface area contributed by atoms with E-state index in [1.54, 1.807) is 0 Å². The van der Waals surface area contributed by atoms with Crippen molar-refractivity contribution in [1.82, 2.24) is 0 Å². The molecule has 5 heteroatoms. The molecule has 0 fully saturated rings. The number of hydrogen-bond donors (Lipinski definition) is 2. The number of rotatable bonds is 1. The molecular formula is C18H18N2O3. The lowest BCUT2D eigenvalue weighted by Gasteiger charge is -2.20. The molecule has 2 aliphatic rings. The number of carbonyl (C=O) groups is 1. The number of hydrogen-bond acceptors (Lipinski definition) is 4. The van der Waals surface area contributed by atoms with Crippen molar-refractivity contribution in [3.8, 4) is 22.6 Å². The zero-order valence-electron chi connectivity index (χ0n) is 12.9. The third-order valence-corrected chi connectivity index (χ3v) is 4.07. The van der Waals surface area contributed by atoms with Crippen LogP contribution in [-0.2, 0) is 4.79 Å². The molecule has 2 N–H and O–H groups in total. The molecule has 0 aliphatic carbocycles. The molecule has 4 rings (SSSR count). The van der Waals surface area contributed by atoms with Gasteiger partial charge in [-0.3, -0.25) is 4.79 Å². The van der Waals surface area contributed by atoms with Gasteiger partial charge in [0.1, 0.15) is 13.2 Å². The number of amides is 1. The lowest BCUT2D eigenvalue weighted by molar-refractivity contribution is -0.116. The molecule has 0 saturated heterocycles. The zero-order valence-corrected chi connectivity index (χ0v) is 12.9. The summed E-state index contributed by atoms with van der Waals surface area (Å²) in [7, 11) is 0. The molecule has 2 heterocycles. The van der Waals surface area contributed by atoms with Gasteiger partial charge in [-0.2, -0.15) is 0 Å². The molecule has 0 bridgehead atoms. The Bertz CT molecular complexity index is 773. The first-order chi connectivity index (χ1) is 11.2. The van der Waals surface area contributed by atoms with Crippen molar-refractivity contribution in [3.05, 3.63) is 36.4 Å². The van der Waals surface area contributed by atoms with Crippen LogP contribution in [0.1, 0.15) is 13.3 Å². The maximum atomic E-state index is 11.9. The monoisotopic (exact) mass is 310 g/mol. The van der Waals surface area contributed by atoms with Crippen LogP contribution >= 0.6 is 0 Å². The van der Waals surface area contributed by atoms with Crippen molar-refractivity contribution in [2.75, 3.05) is 23.8 Å². The maximum absolute atomic E-state index is 11.9. The number of benzene rings is 2. The van der Waals surface area contributed by atoms with Crippen LogP contribution in [0, 0.1) is 0 Å². The Morgan fingerprint density at radius 3 is 2.78 bits per heavy atom. The Kier molecular flexibility index (Phi) is 3.33. The van der Waals surface area contributed by atoms with Crippen molar-refractivity contribution in [2.45, 2.75) is 19.4 Å². The normalized spacial score (nSPS) is 19.2. The third kappa shape index (κ3) is 2.59. The summed E-state index contributed by atoms with van der Waals surface area (Å²) in [6.45, 7) is 3.15. The van der Waals surface area contributed by atoms with Crippen LogP contribution in [0.25, 0.3) is 11.1 Å². The van der Waals surface area contributed by atoms with Gasteiger partial charge in [-0.15, -0.1) is 0 Å². The Morgan fingerprint density at radius 1 is 1.09 bits per heavy atom. The topological polar surface area (TPSA) is 59.6 Å². The SMILES string of the molecule is C[C@@H]1CC(=O)Nc2cccc(-c3ccc4c(c3)OCCO4)c2N1. The molecule has 0 radical (unpaired) electrons. The van der Waals surface area contributed by atoms with Gasteiger partial charge in [-0.05, 0) is 30.7 Å². The highest BCUT2D eigenvalue weighted by atomic mass is 16.6. The first-order valence-corrected chi connectivity index (χ1v) is 7.80. The zero-order chi connectivity index (χ0) is 15.8. The average Bonchev–Trinajstić information content (AvgIpc) is 2.70. The lowest BCUT2D eigenvalue weighted by atomic mass is 10.0. The maximum Gasteiger partial charge on any atom is 0.226 e. The highest BCUT2D eigenvalue weighted by Gasteiger charge is 2.21. The molecule has 0 unspecified atom stereocenters. The summed E-state index contributed by atoms with van der Waals surface area (Å²) in [5.74, 6) is 1.57.